The third-order valence-corrected chi connectivity index (χ3v) is 4.81. The quantitative estimate of drug-likeness (QED) is 0.891. The Kier molecular flexibility index (Phi) is 4.59. The fourth-order valence-electron chi connectivity index (χ4n) is 3.51. The second-order valence-electron chi connectivity index (χ2n) is 7.83. The number of amides is 1. The Bertz CT molecular complexity index is 808. The average Bonchev–Trinajstić information content (AvgIpc) is 2.51. The summed E-state index contributed by atoms with van der Waals surface area (Å²) in [7, 11) is 0. The Morgan fingerprint density at radius 1 is 1.12 bits per heavy atom. The minimum atomic E-state index is -0.292. The summed E-state index contributed by atoms with van der Waals surface area (Å²) >= 11 is 0. The van der Waals surface area contributed by atoms with Gasteiger partial charge in [-0.15, -0.1) is 0 Å². The largest absolute Gasteiger partial charge is 0.487 e. The molecule has 3 nitrogen and oxygen atoms in total. The fourth-order valence-corrected chi connectivity index (χ4v) is 3.51. The lowest BCUT2D eigenvalue weighted by molar-refractivity contribution is -0.121. The molecule has 2 aromatic carbocycles. The number of carbonyl (C=O) groups is 1. The van der Waals surface area contributed by atoms with Gasteiger partial charge in [-0.25, -0.2) is 0 Å². The van der Waals surface area contributed by atoms with E-state index in [1.807, 2.05) is 6.07 Å². The third kappa shape index (κ3) is 4.04. The smallest absolute Gasteiger partial charge is 0.224 e. The summed E-state index contributed by atoms with van der Waals surface area (Å²) in [5.74, 6) is 0.933. The number of aryl methyl sites for hydroxylation is 3. The van der Waals surface area contributed by atoms with E-state index in [1.54, 1.807) is 0 Å². The number of nitrogens with one attached hydrogen (secondary N) is 1. The van der Waals surface area contributed by atoms with Crippen LogP contribution in [0.15, 0.2) is 36.4 Å². The second-order valence-corrected chi connectivity index (χ2v) is 7.83. The predicted octanol–water partition coefficient (Wildman–Crippen LogP) is 4.57. The van der Waals surface area contributed by atoms with Crippen LogP contribution in [-0.2, 0) is 11.2 Å². The Morgan fingerprint density at radius 3 is 2.56 bits per heavy atom. The van der Waals surface area contributed by atoms with Gasteiger partial charge in [-0.05, 0) is 51.8 Å². The summed E-state index contributed by atoms with van der Waals surface area (Å²) in [4.78, 5) is 12.7. The zero-order valence-corrected chi connectivity index (χ0v) is 15.8. The van der Waals surface area contributed by atoms with Gasteiger partial charge in [-0.1, -0.05) is 41.5 Å². The first-order chi connectivity index (χ1) is 11.7. The summed E-state index contributed by atoms with van der Waals surface area (Å²) in [6.07, 6.45) is 1.18. The van der Waals surface area contributed by atoms with Gasteiger partial charge in [0.2, 0.25) is 5.91 Å². The maximum atomic E-state index is 12.7. The van der Waals surface area contributed by atoms with Crippen LogP contribution in [0.2, 0.25) is 0 Å². The van der Waals surface area contributed by atoms with E-state index in [4.69, 9.17) is 4.74 Å². The zero-order valence-electron chi connectivity index (χ0n) is 15.8. The lowest BCUT2D eigenvalue weighted by atomic mass is 9.88. The molecule has 1 unspecified atom stereocenters. The highest BCUT2D eigenvalue weighted by Crippen LogP contribution is 2.39. The highest BCUT2D eigenvalue weighted by molar-refractivity contribution is 5.79. The van der Waals surface area contributed by atoms with Gasteiger partial charge in [0.25, 0.3) is 0 Å². The molecule has 132 valence electrons. The highest BCUT2D eigenvalue weighted by atomic mass is 16.5. The van der Waals surface area contributed by atoms with Crippen LogP contribution in [0.3, 0.4) is 0 Å². The summed E-state index contributed by atoms with van der Waals surface area (Å²) in [6, 6.07) is 12.4. The van der Waals surface area contributed by atoms with Crippen LogP contribution in [0.4, 0.5) is 0 Å². The van der Waals surface area contributed by atoms with Crippen LogP contribution in [0.5, 0.6) is 5.75 Å². The molecule has 1 amide bonds. The number of carbonyl (C=O) groups excluding carboxylic acids is 1. The monoisotopic (exact) mass is 337 g/mol. The molecule has 1 N–H and O–H groups in total. The van der Waals surface area contributed by atoms with Crippen molar-refractivity contribution in [3.63, 3.8) is 0 Å². The maximum Gasteiger partial charge on any atom is 0.224 e. The summed E-state index contributed by atoms with van der Waals surface area (Å²) < 4.78 is 6.09. The van der Waals surface area contributed by atoms with E-state index in [1.165, 1.54) is 11.1 Å². The Morgan fingerprint density at radius 2 is 1.80 bits per heavy atom. The fraction of sp³-hybridized carbons (Fsp3) is 0.409. The first kappa shape index (κ1) is 17.5. The van der Waals surface area contributed by atoms with Gasteiger partial charge in [0.1, 0.15) is 11.4 Å². The van der Waals surface area contributed by atoms with E-state index < -0.39 is 0 Å². The predicted molar refractivity (Wildman–Crippen MR) is 101 cm³/mol. The molecule has 1 atom stereocenters. The van der Waals surface area contributed by atoms with Gasteiger partial charge in [0, 0.05) is 12.0 Å². The van der Waals surface area contributed by atoms with Crippen molar-refractivity contribution in [3.8, 4) is 5.75 Å². The van der Waals surface area contributed by atoms with Gasteiger partial charge in [0.05, 0.1) is 12.5 Å². The number of fused-ring (bicyclic) bond motifs is 1. The van der Waals surface area contributed by atoms with E-state index >= 15 is 0 Å². The summed E-state index contributed by atoms with van der Waals surface area (Å²) in [6.45, 7) is 10.3. The summed E-state index contributed by atoms with van der Waals surface area (Å²) in [5.41, 5.74) is 5.39. The molecule has 0 aliphatic carbocycles. The van der Waals surface area contributed by atoms with Crippen LogP contribution in [0.25, 0.3) is 0 Å². The van der Waals surface area contributed by atoms with Crippen LogP contribution in [-0.4, -0.2) is 11.5 Å². The second kappa shape index (κ2) is 6.55. The standard InChI is InChI=1S/C22H27NO2/c1-14-6-8-16(3)17(10-14)12-21(24)23-19-13-22(4,5)25-20-9-7-15(2)11-18(19)20/h6-11,19H,12-13H2,1-5H3,(H,23,24). The molecule has 2 aromatic rings. The van der Waals surface area contributed by atoms with Gasteiger partial charge in [-0.3, -0.25) is 4.79 Å². The molecule has 0 bridgehead atoms. The van der Waals surface area contributed by atoms with Gasteiger partial charge in [-0.2, -0.15) is 0 Å². The number of benzene rings is 2. The van der Waals surface area contributed by atoms with E-state index in [0.29, 0.717) is 6.42 Å². The van der Waals surface area contributed by atoms with E-state index in [-0.39, 0.29) is 17.6 Å². The molecule has 3 rings (SSSR count). The Hall–Kier alpha value is -2.29. The SMILES string of the molecule is Cc1ccc(C)c(CC(=O)NC2CC(C)(C)Oc3ccc(C)cc32)c1. The van der Waals surface area contributed by atoms with Crippen molar-refractivity contribution < 1.29 is 9.53 Å². The maximum absolute atomic E-state index is 12.7. The van der Waals surface area contributed by atoms with Crippen molar-refractivity contribution in [1.29, 1.82) is 0 Å². The van der Waals surface area contributed by atoms with Crippen molar-refractivity contribution in [2.75, 3.05) is 0 Å². The van der Waals surface area contributed by atoms with Gasteiger partial charge >= 0.3 is 0 Å². The van der Waals surface area contributed by atoms with Crippen LogP contribution < -0.4 is 10.1 Å². The zero-order chi connectivity index (χ0) is 18.2. The van der Waals surface area contributed by atoms with Crippen LogP contribution >= 0.6 is 0 Å². The van der Waals surface area contributed by atoms with E-state index in [9.17, 15) is 4.79 Å². The van der Waals surface area contributed by atoms with Gasteiger partial charge < -0.3 is 10.1 Å². The van der Waals surface area contributed by atoms with Crippen LogP contribution in [0, 0.1) is 20.8 Å². The first-order valence-electron chi connectivity index (χ1n) is 8.88. The number of hydrogen-bond acceptors (Lipinski definition) is 2. The third-order valence-electron chi connectivity index (χ3n) is 4.81. The van der Waals surface area contributed by atoms with Crippen molar-refractivity contribution in [2.45, 2.75) is 59.1 Å². The van der Waals surface area contributed by atoms with E-state index in [2.05, 4.69) is 70.3 Å². The Balaban J connectivity index is 1.81. The van der Waals surface area contributed by atoms with Crippen molar-refractivity contribution in [1.82, 2.24) is 5.32 Å². The molecule has 0 saturated heterocycles. The Labute approximate surface area is 150 Å². The molecular formula is C22H27NO2. The normalized spacial score (nSPS) is 18.2. The molecule has 0 saturated carbocycles. The van der Waals surface area contributed by atoms with Crippen LogP contribution in [0.1, 0.15) is 54.1 Å². The molecule has 1 heterocycles. The van der Waals surface area contributed by atoms with Crippen molar-refractivity contribution in [2.24, 2.45) is 0 Å². The topological polar surface area (TPSA) is 38.3 Å². The highest BCUT2D eigenvalue weighted by Gasteiger charge is 2.34. The minimum Gasteiger partial charge on any atom is -0.487 e. The number of rotatable bonds is 3. The number of ether oxygens (including phenoxy) is 1. The van der Waals surface area contributed by atoms with Gasteiger partial charge in [0.15, 0.2) is 0 Å². The molecule has 0 radical (unpaired) electrons. The average molecular weight is 337 g/mol. The molecule has 1 aliphatic heterocycles. The molecule has 0 fully saturated rings. The molecule has 0 aromatic heterocycles. The molecule has 3 heteroatoms. The van der Waals surface area contributed by atoms with Crippen molar-refractivity contribution in [3.05, 3.63) is 64.2 Å². The van der Waals surface area contributed by atoms with Crippen molar-refractivity contribution >= 4 is 5.91 Å². The van der Waals surface area contributed by atoms with E-state index in [0.717, 1.165) is 28.9 Å². The molecule has 1 aliphatic rings. The number of hydrogen-bond donors (Lipinski definition) is 1. The molecule has 0 spiro atoms. The minimum absolute atomic E-state index is 0.0173. The molecule has 25 heavy (non-hydrogen) atoms. The first-order valence-corrected chi connectivity index (χ1v) is 8.88. The lowest BCUT2D eigenvalue weighted by Crippen LogP contribution is -2.41. The summed E-state index contributed by atoms with van der Waals surface area (Å²) in [5, 5.41) is 3.23. The lowest BCUT2D eigenvalue weighted by Gasteiger charge is -2.38. The molecular weight excluding hydrogens is 310 g/mol.